The maximum atomic E-state index is 13.2. The molecule has 0 spiro atoms. The van der Waals surface area contributed by atoms with Crippen molar-refractivity contribution in [1.29, 1.82) is 0 Å². The molecule has 4 rings (SSSR count). The molecular weight excluding hydrogens is 376 g/mol. The highest BCUT2D eigenvalue weighted by Crippen LogP contribution is 2.29. The first-order chi connectivity index (χ1) is 13.4. The van der Waals surface area contributed by atoms with Crippen molar-refractivity contribution >= 4 is 33.4 Å². The molecule has 0 aromatic carbocycles. The van der Waals surface area contributed by atoms with E-state index >= 15 is 0 Å². The fourth-order valence-corrected chi connectivity index (χ4v) is 5.60. The van der Waals surface area contributed by atoms with E-state index in [1.807, 2.05) is 11.8 Å². The molecule has 28 heavy (non-hydrogen) atoms. The zero-order chi connectivity index (χ0) is 20.0. The highest BCUT2D eigenvalue weighted by Gasteiger charge is 2.36. The standard InChI is InChI=1S/C20H26N4O3S/c1-4-15-12(2)28-18-17(15)20(27)24(11-21-18)14-6-5-7-23(10-14)19(26)13-8-16(25)22(3)9-13/h11,13-14H,4-10H2,1-3H3/t13-,14+/m0/s1. The second kappa shape index (κ2) is 7.31. The van der Waals surface area contributed by atoms with E-state index in [-0.39, 0.29) is 35.8 Å². The summed E-state index contributed by atoms with van der Waals surface area (Å²) in [4.78, 5) is 47.9. The summed E-state index contributed by atoms with van der Waals surface area (Å²) in [5.74, 6) is -0.206. The number of aryl methyl sites for hydroxylation is 2. The van der Waals surface area contributed by atoms with Crippen LogP contribution in [0, 0.1) is 12.8 Å². The number of nitrogens with zero attached hydrogens (tertiary/aromatic N) is 4. The molecule has 2 aliphatic rings. The summed E-state index contributed by atoms with van der Waals surface area (Å²) in [5.41, 5.74) is 1.09. The Morgan fingerprint density at radius 2 is 2.11 bits per heavy atom. The van der Waals surface area contributed by atoms with E-state index < -0.39 is 0 Å². The average Bonchev–Trinajstić information content (AvgIpc) is 3.20. The summed E-state index contributed by atoms with van der Waals surface area (Å²) in [6, 6.07) is -0.0677. The first kappa shape index (κ1) is 19.1. The van der Waals surface area contributed by atoms with Crippen molar-refractivity contribution in [3.05, 3.63) is 27.1 Å². The first-order valence-corrected chi connectivity index (χ1v) is 10.7. The lowest BCUT2D eigenvalue weighted by Gasteiger charge is -2.34. The fourth-order valence-electron chi connectivity index (χ4n) is 4.53. The fraction of sp³-hybridized carbons (Fsp3) is 0.600. The van der Waals surface area contributed by atoms with Crippen LogP contribution in [-0.4, -0.2) is 57.8 Å². The third kappa shape index (κ3) is 3.13. The van der Waals surface area contributed by atoms with Crippen LogP contribution in [-0.2, 0) is 16.0 Å². The molecule has 2 atom stereocenters. The molecule has 8 heteroatoms. The lowest BCUT2D eigenvalue weighted by molar-refractivity contribution is -0.137. The van der Waals surface area contributed by atoms with E-state index in [0.29, 0.717) is 19.6 Å². The third-order valence-corrected chi connectivity index (χ3v) is 7.14. The van der Waals surface area contributed by atoms with Gasteiger partial charge in [-0.05, 0) is 31.7 Å². The molecule has 4 heterocycles. The first-order valence-electron chi connectivity index (χ1n) is 9.92. The number of fused-ring (bicyclic) bond motifs is 1. The molecule has 2 aromatic heterocycles. The van der Waals surface area contributed by atoms with Crippen molar-refractivity contribution < 1.29 is 9.59 Å². The van der Waals surface area contributed by atoms with Crippen molar-refractivity contribution in [2.45, 2.75) is 45.6 Å². The Labute approximate surface area is 168 Å². The van der Waals surface area contributed by atoms with Gasteiger partial charge >= 0.3 is 0 Å². The summed E-state index contributed by atoms with van der Waals surface area (Å²) in [7, 11) is 1.74. The number of rotatable bonds is 3. The summed E-state index contributed by atoms with van der Waals surface area (Å²) in [6.45, 7) is 5.78. The number of thiophene rings is 1. The largest absolute Gasteiger partial charge is 0.345 e. The minimum Gasteiger partial charge on any atom is -0.345 e. The van der Waals surface area contributed by atoms with Gasteiger partial charge in [-0.15, -0.1) is 11.3 Å². The molecule has 0 bridgehead atoms. The predicted molar refractivity (Wildman–Crippen MR) is 109 cm³/mol. The quantitative estimate of drug-likeness (QED) is 0.787. The van der Waals surface area contributed by atoms with Gasteiger partial charge in [0.25, 0.3) is 5.56 Å². The number of carbonyl (C=O) groups excluding carboxylic acids is 2. The van der Waals surface area contributed by atoms with Crippen molar-refractivity contribution in [2.24, 2.45) is 5.92 Å². The van der Waals surface area contributed by atoms with Crippen LogP contribution in [0.3, 0.4) is 0 Å². The van der Waals surface area contributed by atoms with Gasteiger partial charge in [0.1, 0.15) is 4.83 Å². The van der Waals surface area contributed by atoms with Crippen molar-refractivity contribution in [3.63, 3.8) is 0 Å². The Kier molecular flexibility index (Phi) is 4.99. The van der Waals surface area contributed by atoms with Gasteiger partial charge in [0, 0.05) is 38.0 Å². The second-order valence-corrected chi connectivity index (χ2v) is 9.09. The SMILES string of the molecule is CCc1c(C)sc2ncn([C@@H]3CCCN(C(=O)[C@H]4CC(=O)N(C)C4)C3)c(=O)c12. The van der Waals surface area contributed by atoms with Gasteiger partial charge in [0.2, 0.25) is 11.8 Å². The van der Waals surface area contributed by atoms with Crippen LogP contribution in [0.1, 0.15) is 42.7 Å². The van der Waals surface area contributed by atoms with E-state index in [4.69, 9.17) is 0 Å². The van der Waals surface area contributed by atoms with Gasteiger partial charge in [-0.3, -0.25) is 19.0 Å². The average molecular weight is 403 g/mol. The monoisotopic (exact) mass is 402 g/mol. The zero-order valence-corrected chi connectivity index (χ0v) is 17.4. The number of hydrogen-bond donors (Lipinski definition) is 0. The molecule has 7 nitrogen and oxygen atoms in total. The predicted octanol–water partition coefficient (Wildman–Crippen LogP) is 1.97. The van der Waals surface area contributed by atoms with Gasteiger partial charge in [-0.2, -0.15) is 0 Å². The lowest BCUT2D eigenvalue weighted by atomic mass is 10.0. The molecule has 2 aromatic rings. The summed E-state index contributed by atoms with van der Waals surface area (Å²) < 4.78 is 1.72. The highest BCUT2D eigenvalue weighted by atomic mass is 32.1. The highest BCUT2D eigenvalue weighted by molar-refractivity contribution is 7.18. The van der Waals surface area contributed by atoms with E-state index in [1.165, 1.54) is 0 Å². The molecule has 2 aliphatic heterocycles. The van der Waals surface area contributed by atoms with Gasteiger partial charge in [0.05, 0.1) is 23.7 Å². The smallest absolute Gasteiger partial charge is 0.262 e. The Balaban J connectivity index is 1.60. The minimum atomic E-state index is -0.264. The van der Waals surface area contributed by atoms with Crippen LogP contribution in [0.4, 0.5) is 0 Å². The molecule has 0 aliphatic carbocycles. The van der Waals surface area contributed by atoms with Crippen molar-refractivity contribution in [3.8, 4) is 0 Å². The Morgan fingerprint density at radius 3 is 2.79 bits per heavy atom. The molecule has 0 unspecified atom stereocenters. The minimum absolute atomic E-state index is 0.00118. The van der Waals surface area contributed by atoms with E-state index in [0.717, 1.165) is 39.9 Å². The van der Waals surface area contributed by atoms with Crippen LogP contribution >= 0.6 is 11.3 Å². The van der Waals surface area contributed by atoms with E-state index in [9.17, 15) is 14.4 Å². The van der Waals surface area contributed by atoms with Gasteiger partial charge in [-0.1, -0.05) is 6.92 Å². The maximum Gasteiger partial charge on any atom is 0.262 e. The number of hydrogen-bond acceptors (Lipinski definition) is 5. The van der Waals surface area contributed by atoms with Crippen molar-refractivity contribution in [2.75, 3.05) is 26.7 Å². The normalized spacial score (nSPS) is 23.0. The Bertz CT molecular complexity index is 995. The molecule has 0 radical (unpaired) electrons. The van der Waals surface area contributed by atoms with Gasteiger partial charge in [-0.25, -0.2) is 4.98 Å². The van der Waals surface area contributed by atoms with Crippen LogP contribution in [0.15, 0.2) is 11.1 Å². The molecule has 2 fully saturated rings. The third-order valence-electron chi connectivity index (χ3n) is 6.08. The summed E-state index contributed by atoms with van der Waals surface area (Å²) in [5, 5.41) is 0.735. The van der Waals surface area contributed by atoms with Gasteiger partial charge < -0.3 is 9.80 Å². The number of carbonyl (C=O) groups is 2. The molecule has 0 N–H and O–H groups in total. The number of piperidine rings is 1. The maximum absolute atomic E-state index is 13.2. The van der Waals surface area contributed by atoms with Gasteiger partial charge in [0.15, 0.2) is 0 Å². The van der Waals surface area contributed by atoms with Crippen molar-refractivity contribution in [1.82, 2.24) is 19.4 Å². The van der Waals surface area contributed by atoms with E-state index in [1.54, 1.807) is 34.2 Å². The topological polar surface area (TPSA) is 75.5 Å². The van der Waals surface area contributed by atoms with Crippen LogP contribution in [0.5, 0.6) is 0 Å². The second-order valence-electron chi connectivity index (χ2n) is 7.88. The number of likely N-dealkylation sites (tertiary alicyclic amines) is 2. The summed E-state index contributed by atoms with van der Waals surface area (Å²) >= 11 is 1.57. The summed E-state index contributed by atoms with van der Waals surface area (Å²) in [6.07, 6.45) is 4.44. The molecule has 0 saturated carbocycles. The lowest BCUT2D eigenvalue weighted by Crippen LogP contribution is -2.45. The Hall–Kier alpha value is -2.22. The van der Waals surface area contributed by atoms with Crippen LogP contribution < -0.4 is 5.56 Å². The van der Waals surface area contributed by atoms with E-state index in [2.05, 4.69) is 11.9 Å². The number of aromatic nitrogens is 2. The van der Waals surface area contributed by atoms with Crippen LogP contribution in [0.2, 0.25) is 0 Å². The Morgan fingerprint density at radius 1 is 1.32 bits per heavy atom. The molecule has 2 amide bonds. The van der Waals surface area contributed by atoms with Crippen LogP contribution in [0.25, 0.3) is 10.2 Å². The number of amides is 2. The molecule has 2 saturated heterocycles. The molecular formula is C20H26N4O3S. The molecule has 150 valence electrons. The zero-order valence-electron chi connectivity index (χ0n) is 16.6.